The van der Waals surface area contributed by atoms with E-state index < -0.39 is 21.9 Å². The number of rotatable bonds is 2. The fourth-order valence-electron chi connectivity index (χ4n) is 2.63. The molecule has 1 atom stereocenters. The van der Waals surface area contributed by atoms with Crippen molar-refractivity contribution in [2.24, 2.45) is 0 Å². The summed E-state index contributed by atoms with van der Waals surface area (Å²) >= 11 is 0. The van der Waals surface area contributed by atoms with E-state index in [-0.39, 0.29) is 5.31 Å². The van der Waals surface area contributed by atoms with Crippen LogP contribution in [0, 0.1) is 0 Å². The van der Waals surface area contributed by atoms with E-state index in [1.54, 1.807) is 36.4 Å². The van der Waals surface area contributed by atoms with Crippen molar-refractivity contribution in [2.45, 2.75) is 5.25 Å². The highest BCUT2D eigenvalue weighted by atomic mass is 35.7. The van der Waals surface area contributed by atoms with Gasteiger partial charge in [0.1, 0.15) is 5.25 Å². The topological polar surface area (TPSA) is 91.7 Å². The van der Waals surface area contributed by atoms with Gasteiger partial charge in [-0.3, -0.25) is 4.57 Å². The minimum atomic E-state index is -4.63. The molecule has 3 rings (SSSR count). The highest BCUT2D eigenvalue weighted by molar-refractivity contribution is 8.14. The van der Waals surface area contributed by atoms with E-state index in [4.69, 9.17) is 10.7 Å². The normalized spacial score (nSPS) is 18.6. The van der Waals surface area contributed by atoms with Gasteiger partial charge in [-0.1, -0.05) is 36.4 Å². The van der Waals surface area contributed by atoms with E-state index in [0.29, 0.717) is 21.9 Å². The first-order valence-electron chi connectivity index (χ1n) is 5.93. The molecule has 5 nitrogen and oxygen atoms in total. The number of halogens is 1. The summed E-state index contributed by atoms with van der Waals surface area (Å²) in [6.45, 7) is 0. The van der Waals surface area contributed by atoms with E-state index in [9.17, 15) is 22.8 Å². The minimum absolute atomic E-state index is 0.305. The van der Waals surface area contributed by atoms with E-state index in [0.717, 1.165) is 6.08 Å². The first-order chi connectivity index (χ1) is 9.69. The molecule has 2 N–H and O–H groups in total. The van der Waals surface area contributed by atoms with Crippen LogP contribution in [0.15, 0.2) is 42.5 Å². The summed E-state index contributed by atoms with van der Waals surface area (Å²) in [7, 11) is -3.23. The summed E-state index contributed by atoms with van der Waals surface area (Å²) in [6.07, 6.45) is 1.04. The van der Waals surface area contributed by atoms with E-state index in [2.05, 4.69) is 0 Å². The van der Waals surface area contributed by atoms with Crippen molar-refractivity contribution in [1.29, 1.82) is 0 Å². The minimum Gasteiger partial charge on any atom is -0.321 e. The van der Waals surface area contributed by atoms with Gasteiger partial charge in [-0.25, -0.2) is 8.42 Å². The lowest BCUT2D eigenvalue weighted by atomic mass is 9.93. The molecule has 110 valence electrons. The molecule has 0 saturated heterocycles. The Morgan fingerprint density at radius 1 is 1.10 bits per heavy atom. The van der Waals surface area contributed by atoms with Crippen LogP contribution in [0.3, 0.4) is 0 Å². The maximum Gasteiger partial charge on any atom is 0.356 e. The SMILES string of the molecule is O=P(O)(O)C1=CC(S(=O)(=O)Cl)c2cccc3cccc1c23. The Morgan fingerprint density at radius 3 is 2.29 bits per heavy atom. The van der Waals surface area contributed by atoms with Gasteiger partial charge >= 0.3 is 7.60 Å². The van der Waals surface area contributed by atoms with E-state index in [1.807, 2.05) is 0 Å². The van der Waals surface area contributed by atoms with Gasteiger partial charge in [-0.15, -0.1) is 0 Å². The molecule has 0 saturated carbocycles. The third kappa shape index (κ3) is 2.43. The summed E-state index contributed by atoms with van der Waals surface area (Å²) in [5.41, 5.74) is 0.767. The third-order valence-corrected chi connectivity index (χ3v) is 6.04. The lowest BCUT2D eigenvalue weighted by Gasteiger charge is -2.23. The van der Waals surface area contributed by atoms with Gasteiger partial charge in [0.25, 0.3) is 0 Å². The van der Waals surface area contributed by atoms with Crippen LogP contribution in [0.1, 0.15) is 16.4 Å². The Hall–Kier alpha value is -1.17. The van der Waals surface area contributed by atoms with Gasteiger partial charge < -0.3 is 9.79 Å². The summed E-state index contributed by atoms with van der Waals surface area (Å²) in [5.74, 6) is 0. The van der Waals surface area contributed by atoms with Crippen LogP contribution in [-0.4, -0.2) is 18.2 Å². The standard InChI is InChI=1S/C13H10ClO5PS/c14-21(18,19)12-7-11(20(15,16)17)9-5-1-3-8-4-2-6-10(12)13(8)9/h1-7,12H,(H2,15,16,17). The van der Waals surface area contributed by atoms with Crippen LogP contribution < -0.4 is 0 Å². The van der Waals surface area contributed by atoms with Crippen LogP contribution in [-0.2, 0) is 13.6 Å². The molecule has 1 aliphatic carbocycles. The van der Waals surface area contributed by atoms with Crippen LogP contribution in [0.25, 0.3) is 16.1 Å². The van der Waals surface area contributed by atoms with Crippen molar-refractivity contribution in [1.82, 2.24) is 0 Å². The fraction of sp³-hybridized carbons (Fsp3) is 0.0769. The molecule has 2 aromatic rings. The van der Waals surface area contributed by atoms with Crippen molar-refractivity contribution in [3.05, 3.63) is 53.6 Å². The van der Waals surface area contributed by atoms with Crippen LogP contribution >= 0.6 is 18.3 Å². The van der Waals surface area contributed by atoms with Crippen molar-refractivity contribution < 1.29 is 22.8 Å². The zero-order chi connectivity index (χ0) is 15.4. The molecule has 21 heavy (non-hydrogen) atoms. The molecule has 0 fully saturated rings. The van der Waals surface area contributed by atoms with Crippen molar-refractivity contribution in [3.63, 3.8) is 0 Å². The Kier molecular flexibility index (Phi) is 3.28. The first kappa shape index (κ1) is 14.8. The Morgan fingerprint density at radius 2 is 1.71 bits per heavy atom. The average Bonchev–Trinajstić information content (AvgIpc) is 2.36. The second-order valence-electron chi connectivity index (χ2n) is 4.74. The van der Waals surface area contributed by atoms with Crippen molar-refractivity contribution >= 4 is 43.4 Å². The van der Waals surface area contributed by atoms with Gasteiger partial charge in [0.15, 0.2) is 0 Å². The van der Waals surface area contributed by atoms with Crippen LogP contribution in [0.4, 0.5) is 0 Å². The Bertz CT molecular complexity index is 923. The van der Waals surface area contributed by atoms with Crippen molar-refractivity contribution in [3.8, 4) is 0 Å². The van der Waals surface area contributed by atoms with Gasteiger partial charge in [0.05, 0.1) is 5.31 Å². The predicted molar refractivity (Wildman–Crippen MR) is 81.5 cm³/mol. The smallest absolute Gasteiger partial charge is 0.321 e. The maximum atomic E-state index is 11.8. The number of hydrogen-bond acceptors (Lipinski definition) is 3. The fourth-order valence-corrected chi connectivity index (χ4v) is 4.82. The number of benzene rings is 2. The molecule has 8 heteroatoms. The van der Waals surface area contributed by atoms with Crippen LogP contribution in [0.5, 0.6) is 0 Å². The molecule has 0 radical (unpaired) electrons. The summed E-state index contributed by atoms with van der Waals surface area (Å²) < 4.78 is 35.2. The van der Waals surface area contributed by atoms with Crippen LogP contribution in [0.2, 0.25) is 0 Å². The molecular formula is C13H10ClO5PS. The summed E-state index contributed by atoms with van der Waals surface area (Å²) in [6, 6.07) is 10.0. The second-order valence-corrected chi connectivity index (χ2v) is 9.06. The van der Waals surface area contributed by atoms with Gasteiger partial charge in [0, 0.05) is 10.7 Å². The lowest BCUT2D eigenvalue weighted by Crippen LogP contribution is -2.11. The second kappa shape index (κ2) is 4.66. The molecule has 0 heterocycles. The van der Waals surface area contributed by atoms with Gasteiger partial charge in [-0.2, -0.15) is 0 Å². The third-order valence-electron chi connectivity index (χ3n) is 3.45. The molecule has 0 amide bonds. The zero-order valence-electron chi connectivity index (χ0n) is 10.5. The molecule has 1 unspecified atom stereocenters. The molecule has 1 aliphatic rings. The Balaban J connectivity index is 2.48. The monoisotopic (exact) mass is 344 g/mol. The highest BCUT2D eigenvalue weighted by Gasteiger charge is 2.35. The average molecular weight is 345 g/mol. The molecule has 2 aromatic carbocycles. The van der Waals surface area contributed by atoms with Gasteiger partial charge in [-0.05, 0) is 28.0 Å². The maximum absolute atomic E-state index is 11.8. The van der Waals surface area contributed by atoms with E-state index >= 15 is 0 Å². The van der Waals surface area contributed by atoms with Gasteiger partial charge in [0.2, 0.25) is 9.05 Å². The van der Waals surface area contributed by atoms with E-state index in [1.165, 1.54) is 0 Å². The molecule has 0 spiro atoms. The van der Waals surface area contributed by atoms with Crippen molar-refractivity contribution in [2.75, 3.05) is 0 Å². The summed E-state index contributed by atoms with van der Waals surface area (Å²) in [5, 5.41) is -0.370. The number of hydrogen-bond donors (Lipinski definition) is 2. The predicted octanol–water partition coefficient (Wildman–Crippen LogP) is 2.98. The first-order valence-corrected chi connectivity index (χ1v) is 9.91. The molecule has 0 aromatic heterocycles. The molecule has 0 aliphatic heterocycles. The summed E-state index contributed by atoms with van der Waals surface area (Å²) in [4.78, 5) is 19.0. The largest absolute Gasteiger partial charge is 0.356 e. The lowest BCUT2D eigenvalue weighted by molar-refractivity contribution is 0.388. The zero-order valence-corrected chi connectivity index (χ0v) is 12.9. The quantitative estimate of drug-likeness (QED) is 0.645. The Labute approximate surface area is 125 Å². The highest BCUT2D eigenvalue weighted by Crippen LogP contribution is 2.57. The molecular weight excluding hydrogens is 335 g/mol. The molecule has 0 bridgehead atoms.